The SMILES string of the molecule is C=CCNc1nnc(SCC(=O)NC(=O)NC2CCCC2)s1. The maximum atomic E-state index is 11.7. The molecule has 0 saturated heterocycles. The number of urea groups is 1. The zero-order valence-electron chi connectivity index (χ0n) is 12.1. The van der Waals surface area contributed by atoms with E-state index in [2.05, 4.69) is 32.7 Å². The van der Waals surface area contributed by atoms with Crippen LogP contribution in [0, 0.1) is 0 Å². The van der Waals surface area contributed by atoms with Crippen molar-refractivity contribution in [2.24, 2.45) is 0 Å². The summed E-state index contributed by atoms with van der Waals surface area (Å²) in [6.45, 7) is 4.22. The topological polar surface area (TPSA) is 96.0 Å². The maximum Gasteiger partial charge on any atom is 0.321 e. The van der Waals surface area contributed by atoms with Crippen molar-refractivity contribution < 1.29 is 9.59 Å². The number of imide groups is 1. The first kappa shape index (κ1) is 16.8. The molecule has 1 fully saturated rings. The summed E-state index contributed by atoms with van der Waals surface area (Å²) in [5, 5.41) is 16.7. The summed E-state index contributed by atoms with van der Waals surface area (Å²) in [5.41, 5.74) is 0. The van der Waals surface area contributed by atoms with E-state index in [1.54, 1.807) is 6.08 Å². The molecule has 9 heteroatoms. The molecular weight excluding hydrogens is 322 g/mol. The fourth-order valence-corrected chi connectivity index (χ4v) is 3.64. The summed E-state index contributed by atoms with van der Waals surface area (Å²) in [6, 6.07) is -0.217. The minimum Gasteiger partial charge on any atom is -0.357 e. The zero-order chi connectivity index (χ0) is 15.8. The number of hydrogen-bond donors (Lipinski definition) is 3. The second kappa shape index (κ2) is 8.74. The van der Waals surface area contributed by atoms with E-state index in [1.165, 1.54) is 23.1 Å². The van der Waals surface area contributed by atoms with Crippen molar-refractivity contribution in [2.45, 2.75) is 36.1 Å². The Labute approximate surface area is 137 Å². The summed E-state index contributed by atoms with van der Waals surface area (Å²) in [5.74, 6) is -0.204. The normalized spacial score (nSPS) is 14.5. The number of thioether (sulfide) groups is 1. The first-order valence-corrected chi connectivity index (χ1v) is 8.89. The van der Waals surface area contributed by atoms with Gasteiger partial charge in [0.25, 0.3) is 0 Å². The molecule has 3 amide bonds. The van der Waals surface area contributed by atoms with E-state index < -0.39 is 6.03 Å². The number of nitrogens with zero attached hydrogens (tertiary/aromatic N) is 2. The van der Waals surface area contributed by atoms with Crippen molar-refractivity contribution in [3.05, 3.63) is 12.7 Å². The van der Waals surface area contributed by atoms with E-state index in [9.17, 15) is 9.59 Å². The van der Waals surface area contributed by atoms with Gasteiger partial charge in [-0.3, -0.25) is 10.1 Å². The van der Waals surface area contributed by atoms with E-state index in [-0.39, 0.29) is 17.7 Å². The maximum absolute atomic E-state index is 11.7. The lowest BCUT2D eigenvalue weighted by molar-refractivity contribution is -0.117. The van der Waals surface area contributed by atoms with Crippen LogP contribution < -0.4 is 16.0 Å². The molecule has 1 aliphatic rings. The second-order valence-electron chi connectivity index (χ2n) is 4.83. The molecule has 7 nitrogen and oxygen atoms in total. The Morgan fingerprint density at radius 2 is 2.14 bits per heavy atom. The number of anilines is 1. The molecule has 0 atom stereocenters. The smallest absolute Gasteiger partial charge is 0.321 e. The summed E-state index contributed by atoms with van der Waals surface area (Å²) in [6.07, 6.45) is 5.97. The predicted molar refractivity (Wildman–Crippen MR) is 88.3 cm³/mol. The van der Waals surface area contributed by atoms with E-state index in [0.717, 1.165) is 25.7 Å². The highest BCUT2D eigenvalue weighted by atomic mass is 32.2. The van der Waals surface area contributed by atoms with Crippen molar-refractivity contribution in [3.8, 4) is 0 Å². The summed E-state index contributed by atoms with van der Waals surface area (Å²) in [4.78, 5) is 23.4. The number of amides is 3. The first-order chi connectivity index (χ1) is 10.7. The standard InChI is InChI=1S/C13H19N5O2S2/c1-2-7-14-12-17-18-13(22-12)21-8-10(19)16-11(20)15-9-5-3-4-6-9/h2,9H,1,3-8H2,(H,14,17)(H2,15,16,19,20). The number of carbonyl (C=O) groups is 2. The van der Waals surface area contributed by atoms with Crippen molar-refractivity contribution in [1.29, 1.82) is 0 Å². The molecule has 1 aromatic heterocycles. The molecule has 1 saturated carbocycles. The summed E-state index contributed by atoms with van der Waals surface area (Å²) < 4.78 is 0.679. The van der Waals surface area contributed by atoms with Gasteiger partial charge in [-0.25, -0.2) is 4.79 Å². The lowest BCUT2D eigenvalue weighted by atomic mass is 10.2. The third-order valence-corrected chi connectivity index (χ3v) is 5.09. The molecule has 0 spiro atoms. The average molecular weight is 341 g/mol. The molecule has 0 aliphatic heterocycles. The first-order valence-electron chi connectivity index (χ1n) is 7.09. The molecule has 22 heavy (non-hydrogen) atoms. The Balaban J connectivity index is 1.67. The van der Waals surface area contributed by atoms with Gasteiger partial charge in [0.05, 0.1) is 5.75 Å². The Bertz CT molecular complexity index is 528. The molecule has 3 N–H and O–H groups in total. The summed E-state index contributed by atoms with van der Waals surface area (Å²) >= 11 is 2.62. The number of carbonyl (C=O) groups excluding carboxylic acids is 2. The molecule has 1 aromatic rings. The third-order valence-electron chi connectivity index (χ3n) is 3.07. The lowest BCUT2D eigenvalue weighted by Gasteiger charge is -2.11. The van der Waals surface area contributed by atoms with Crippen molar-refractivity contribution in [1.82, 2.24) is 20.8 Å². The van der Waals surface area contributed by atoms with Gasteiger partial charge < -0.3 is 10.6 Å². The van der Waals surface area contributed by atoms with Crippen LogP contribution in [0.1, 0.15) is 25.7 Å². The highest BCUT2D eigenvalue weighted by Crippen LogP contribution is 2.25. The molecule has 120 valence electrons. The van der Waals surface area contributed by atoms with Gasteiger partial charge in [-0.2, -0.15) is 0 Å². The Morgan fingerprint density at radius 1 is 1.36 bits per heavy atom. The number of nitrogens with one attached hydrogen (secondary N) is 3. The van der Waals surface area contributed by atoms with Gasteiger partial charge >= 0.3 is 6.03 Å². The van der Waals surface area contributed by atoms with E-state index in [1.807, 2.05) is 0 Å². The molecule has 1 aliphatic carbocycles. The molecule has 0 aromatic carbocycles. The second-order valence-corrected chi connectivity index (χ2v) is 7.03. The monoisotopic (exact) mass is 341 g/mol. The number of hydrogen-bond acceptors (Lipinski definition) is 7. The quantitative estimate of drug-likeness (QED) is 0.518. The van der Waals surface area contributed by atoms with Crippen LogP contribution in [0.4, 0.5) is 9.93 Å². The predicted octanol–water partition coefficient (Wildman–Crippen LogP) is 2.00. The van der Waals surface area contributed by atoms with Crippen LogP contribution in [0.3, 0.4) is 0 Å². The fraction of sp³-hybridized carbons (Fsp3) is 0.538. The minimum atomic E-state index is -0.414. The minimum absolute atomic E-state index is 0.133. The molecule has 1 heterocycles. The largest absolute Gasteiger partial charge is 0.357 e. The van der Waals surface area contributed by atoms with E-state index in [4.69, 9.17) is 0 Å². The van der Waals surface area contributed by atoms with Crippen LogP contribution in [0.25, 0.3) is 0 Å². The van der Waals surface area contributed by atoms with Gasteiger partial charge in [0.15, 0.2) is 4.34 Å². The highest BCUT2D eigenvalue weighted by Gasteiger charge is 2.18. The molecule has 0 radical (unpaired) electrons. The molecule has 0 bridgehead atoms. The summed E-state index contributed by atoms with van der Waals surface area (Å²) in [7, 11) is 0. The van der Waals surface area contributed by atoms with Crippen LogP contribution in [-0.2, 0) is 4.79 Å². The van der Waals surface area contributed by atoms with Gasteiger partial charge in [0.2, 0.25) is 11.0 Å². The Kier molecular flexibility index (Phi) is 6.66. The van der Waals surface area contributed by atoms with Gasteiger partial charge in [-0.05, 0) is 12.8 Å². The molecular formula is C13H19N5O2S2. The number of rotatable bonds is 7. The van der Waals surface area contributed by atoms with Gasteiger partial charge in [0.1, 0.15) is 0 Å². The van der Waals surface area contributed by atoms with Crippen LogP contribution in [0.5, 0.6) is 0 Å². The Hall–Kier alpha value is -1.61. The van der Waals surface area contributed by atoms with Crippen molar-refractivity contribution in [2.75, 3.05) is 17.6 Å². The van der Waals surface area contributed by atoms with Crippen LogP contribution in [0.2, 0.25) is 0 Å². The van der Waals surface area contributed by atoms with Crippen LogP contribution in [0.15, 0.2) is 17.0 Å². The zero-order valence-corrected chi connectivity index (χ0v) is 13.8. The number of aromatic nitrogens is 2. The van der Waals surface area contributed by atoms with Crippen molar-refractivity contribution in [3.63, 3.8) is 0 Å². The third kappa shape index (κ3) is 5.64. The van der Waals surface area contributed by atoms with Gasteiger partial charge in [-0.15, -0.1) is 16.8 Å². The Morgan fingerprint density at radius 3 is 2.86 bits per heavy atom. The van der Waals surface area contributed by atoms with E-state index in [0.29, 0.717) is 16.0 Å². The fourth-order valence-electron chi connectivity index (χ4n) is 2.08. The van der Waals surface area contributed by atoms with Gasteiger partial charge in [0, 0.05) is 12.6 Å². The lowest BCUT2D eigenvalue weighted by Crippen LogP contribution is -2.44. The van der Waals surface area contributed by atoms with Crippen LogP contribution >= 0.6 is 23.1 Å². The van der Waals surface area contributed by atoms with E-state index >= 15 is 0 Å². The molecule has 0 unspecified atom stereocenters. The molecule has 2 rings (SSSR count). The van der Waals surface area contributed by atoms with Gasteiger partial charge in [-0.1, -0.05) is 42.0 Å². The van der Waals surface area contributed by atoms with Crippen LogP contribution in [-0.4, -0.2) is 40.5 Å². The highest BCUT2D eigenvalue weighted by molar-refractivity contribution is 8.01. The van der Waals surface area contributed by atoms with Crippen molar-refractivity contribution >= 4 is 40.2 Å². The average Bonchev–Trinajstić information content (AvgIpc) is 3.14.